The molecule has 0 spiro atoms. The number of carboxylic acids is 1. The number of anilines is 1. The maximum Gasteiger partial charge on any atom is 0.328 e. The molecule has 1 N–H and O–H groups in total. The summed E-state index contributed by atoms with van der Waals surface area (Å²) in [6.07, 6.45) is 1.28. The number of piperazine rings is 1. The third-order valence-corrected chi connectivity index (χ3v) is 3.62. The molecule has 0 saturated carbocycles. The predicted octanol–water partition coefficient (Wildman–Crippen LogP) is 2.49. The second-order valence-corrected chi connectivity index (χ2v) is 5.51. The van der Waals surface area contributed by atoms with E-state index in [0.717, 1.165) is 49.0 Å². The highest BCUT2D eigenvalue weighted by atomic mass is 35.5. The molecular weight excluding hydrogens is 276 g/mol. The average molecular weight is 295 g/mol. The minimum absolute atomic E-state index is 0.718. The van der Waals surface area contributed by atoms with E-state index < -0.39 is 5.97 Å². The lowest BCUT2D eigenvalue weighted by atomic mass is 10.2. The van der Waals surface area contributed by atoms with E-state index in [-0.39, 0.29) is 0 Å². The third kappa shape index (κ3) is 4.25. The zero-order chi connectivity index (χ0) is 14.5. The van der Waals surface area contributed by atoms with E-state index in [9.17, 15) is 4.79 Å². The van der Waals surface area contributed by atoms with Crippen molar-refractivity contribution in [1.82, 2.24) is 4.90 Å². The number of carbonyl (C=O) groups is 1. The topological polar surface area (TPSA) is 43.8 Å². The first-order valence-corrected chi connectivity index (χ1v) is 7.05. The number of aliphatic carboxylic acids is 1. The van der Waals surface area contributed by atoms with Crippen LogP contribution in [0.3, 0.4) is 0 Å². The van der Waals surface area contributed by atoms with E-state index in [0.29, 0.717) is 0 Å². The number of rotatable bonds is 4. The molecule has 1 aliphatic rings. The van der Waals surface area contributed by atoms with Gasteiger partial charge in [-0.15, -0.1) is 0 Å². The van der Waals surface area contributed by atoms with Crippen molar-refractivity contribution in [2.45, 2.75) is 6.92 Å². The molecule has 5 heteroatoms. The molecule has 0 aliphatic carbocycles. The van der Waals surface area contributed by atoms with Gasteiger partial charge in [0.05, 0.1) is 0 Å². The van der Waals surface area contributed by atoms with E-state index in [4.69, 9.17) is 16.7 Å². The van der Waals surface area contributed by atoms with Crippen molar-refractivity contribution >= 4 is 23.3 Å². The minimum Gasteiger partial charge on any atom is -0.478 e. The molecule has 0 atom stereocenters. The Morgan fingerprint density at radius 3 is 2.65 bits per heavy atom. The molecule has 1 aromatic carbocycles. The number of nitrogens with zero attached hydrogens (tertiary/aromatic N) is 2. The Hall–Kier alpha value is -1.52. The standard InChI is InChI=1S/C15H19ClN2O2/c1-12(9-15(19)20)11-17-5-7-18(8-6-17)14-4-2-3-13(16)10-14/h2-4,9-10H,5-8,11H2,1H3,(H,19,20). The second kappa shape index (κ2) is 6.77. The monoisotopic (exact) mass is 294 g/mol. The lowest BCUT2D eigenvalue weighted by Crippen LogP contribution is -2.46. The normalized spacial score (nSPS) is 17.3. The number of hydrogen-bond donors (Lipinski definition) is 1. The van der Waals surface area contributed by atoms with E-state index in [1.54, 1.807) is 0 Å². The molecule has 1 aromatic rings. The van der Waals surface area contributed by atoms with Gasteiger partial charge in [0.2, 0.25) is 0 Å². The van der Waals surface area contributed by atoms with Crippen LogP contribution in [-0.4, -0.2) is 48.7 Å². The van der Waals surface area contributed by atoms with Crippen LogP contribution in [-0.2, 0) is 4.79 Å². The van der Waals surface area contributed by atoms with Crippen molar-refractivity contribution in [3.8, 4) is 0 Å². The zero-order valence-electron chi connectivity index (χ0n) is 11.6. The average Bonchev–Trinajstić information content (AvgIpc) is 2.38. The highest BCUT2D eigenvalue weighted by molar-refractivity contribution is 6.30. The molecule has 1 saturated heterocycles. The van der Waals surface area contributed by atoms with Gasteiger partial charge in [-0.25, -0.2) is 4.79 Å². The van der Waals surface area contributed by atoms with Crippen molar-refractivity contribution in [3.63, 3.8) is 0 Å². The maximum absolute atomic E-state index is 10.6. The van der Waals surface area contributed by atoms with E-state index >= 15 is 0 Å². The number of halogens is 1. The minimum atomic E-state index is -0.875. The fourth-order valence-corrected chi connectivity index (χ4v) is 2.63. The summed E-state index contributed by atoms with van der Waals surface area (Å²) in [4.78, 5) is 15.2. The fraction of sp³-hybridized carbons (Fsp3) is 0.400. The van der Waals surface area contributed by atoms with Gasteiger partial charge in [0, 0.05) is 49.5 Å². The quantitative estimate of drug-likeness (QED) is 0.867. The van der Waals surface area contributed by atoms with Crippen LogP contribution < -0.4 is 4.90 Å². The summed E-state index contributed by atoms with van der Waals surface area (Å²) in [5.41, 5.74) is 2.03. The first-order valence-electron chi connectivity index (χ1n) is 6.67. The Labute approximate surface area is 124 Å². The van der Waals surface area contributed by atoms with Crippen molar-refractivity contribution < 1.29 is 9.90 Å². The Bertz CT molecular complexity index is 508. The van der Waals surface area contributed by atoms with Gasteiger partial charge in [0.15, 0.2) is 0 Å². The zero-order valence-corrected chi connectivity index (χ0v) is 12.3. The summed E-state index contributed by atoms with van der Waals surface area (Å²) < 4.78 is 0. The molecule has 0 bridgehead atoms. The molecule has 20 heavy (non-hydrogen) atoms. The summed E-state index contributed by atoms with van der Waals surface area (Å²) in [5.74, 6) is -0.875. The summed E-state index contributed by atoms with van der Waals surface area (Å²) in [6.45, 7) is 6.29. The second-order valence-electron chi connectivity index (χ2n) is 5.07. The Morgan fingerprint density at radius 2 is 2.05 bits per heavy atom. The first-order chi connectivity index (χ1) is 9.54. The van der Waals surface area contributed by atoms with E-state index in [1.165, 1.54) is 6.08 Å². The molecule has 1 heterocycles. The molecule has 0 radical (unpaired) electrons. The lowest BCUT2D eigenvalue weighted by Gasteiger charge is -2.36. The SMILES string of the molecule is CC(=CC(=O)O)CN1CCN(c2cccc(Cl)c2)CC1. The smallest absolute Gasteiger partial charge is 0.328 e. The third-order valence-electron chi connectivity index (χ3n) is 3.39. The highest BCUT2D eigenvalue weighted by Gasteiger charge is 2.17. The molecule has 0 amide bonds. The van der Waals surface area contributed by atoms with Gasteiger partial charge in [-0.3, -0.25) is 4.90 Å². The lowest BCUT2D eigenvalue weighted by molar-refractivity contribution is -0.131. The summed E-state index contributed by atoms with van der Waals surface area (Å²) in [7, 11) is 0. The van der Waals surface area contributed by atoms with Crippen molar-refractivity contribution in [1.29, 1.82) is 0 Å². The van der Waals surface area contributed by atoms with Crippen LogP contribution in [0.4, 0.5) is 5.69 Å². The van der Waals surface area contributed by atoms with Gasteiger partial charge in [0.1, 0.15) is 0 Å². The van der Waals surface area contributed by atoms with E-state index in [2.05, 4.69) is 15.9 Å². The molecular formula is C15H19ClN2O2. The Kier molecular flexibility index (Phi) is 5.04. The van der Waals surface area contributed by atoms with Crippen LogP contribution >= 0.6 is 11.6 Å². The largest absolute Gasteiger partial charge is 0.478 e. The van der Waals surface area contributed by atoms with Crippen LogP contribution in [0.15, 0.2) is 35.9 Å². The van der Waals surface area contributed by atoms with Gasteiger partial charge in [-0.2, -0.15) is 0 Å². The van der Waals surface area contributed by atoms with Crippen molar-refractivity contribution in [2.75, 3.05) is 37.6 Å². The van der Waals surface area contributed by atoms with Gasteiger partial charge >= 0.3 is 5.97 Å². The van der Waals surface area contributed by atoms with Crippen molar-refractivity contribution in [3.05, 3.63) is 40.9 Å². The number of benzene rings is 1. The van der Waals surface area contributed by atoms with Gasteiger partial charge in [-0.05, 0) is 25.1 Å². The molecule has 0 aromatic heterocycles. The van der Waals surface area contributed by atoms with Crippen LogP contribution in [0.2, 0.25) is 5.02 Å². The molecule has 108 valence electrons. The highest BCUT2D eigenvalue weighted by Crippen LogP contribution is 2.20. The van der Waals surface area contributed by atoms with Crippen molar-refractivity contribution in [2.24, 2.45) is 0 Å². The molecule has 1 aliphatic heterocycles. The van der Waals surface area contributed by atoms with Crippen LogP contribution in [0.1, 0.15) is 6.92 Å². The van der Waals surface area contributed by atoms with Crippen LogP contribution in [0, 0.1) is 0 Å². The van der Waals surface area contributed by atoms with Crippen LogP contribution in [0.25, 0.3) is 0 Å². The van der Waals surface area contributed by atoms with Gasteiger partial charge < -0.3 is 10.0 Å². The van der Waals surface area contributed by atoms with Gasteiger partial charge in [0.25, 0.3) is 0 Å². The Balaban J connectivity index is 1.88. The summed E-state index contributed by atoms with van der Waals surface area (Å²) in [6, 6.07) is 7.88. The molecule has 1 fully saturated rings. The molecule has 4 nitrogen and oxygen atoms in total. The Morgan fingerprint density at radius 1 is 1.35 bits per heavy atom. The molecule has 0 unspecified atom stereocenters. The maximum atomic E-state index is 10.6. The summed E-state index contributed by atoms with van der Waals surface area (Å²) in [5, 5.41) is 9.47. The van der Waals surface area contributed by atoms with E-state index in [1.807, 2.05) is 25.1 Å². The van der Waals surface area contributed by atoms with Gasteiger partial charge in [-0.1, -0.05) is 23.2 Å². The van der Waals surface area contributed by atoms with Crippen LogP contribution in [0.5, 0.6) is 0 Å². The fourth-order valence-electron chi connectivity index (χ4n) is 2.45. The first kappa shape index (κ1) is 14.9. The number of carboxylic acid groups (broad SMARTS) is 1. The number of hydrogen-bond acceptors (Lipinski definition) is 3. The molecule has 2 rings (SSSR count). The predicted molar refractivity (Wildman–Crippen MR) is 81.5 cm³/mol. The summed E-state index contributed by atoms with van der Waals surface area (Å²) >= 11 is 6.01.